The van der Waals surface area contributed by atoms with Crippen molar-refractivity contribution in [1.29, 1.82) is 0 Å². The molecule has 0 N–H and O–H groups in total. The quantitative estimate of drug-likeness (QED) is 0.628. The fourth-order valence-corrected chi connectivity index (χ4v) is 3.51. The number of nitrogens with zero attached hydrogens (tertiary/aromatic N) is 2. The van der Waals surface area contributed by atoms with Crippen molar-refractivity contribution in [2.45, 2.75) is 12.7 Å². The van der Waals surface area contributed by atoms with E-state index >= 15 is 0 Å². The molecule has 1 saturated heterocycles. The molecule has 0 saturated carbocycles. The van der Waals surface area contributed by atoms with E-state index in [1.54, 1.807) is 41.3 Å². The van der Waals surface area contributed by atoms with Crippen LogP contribution in [0.25, 0.3) is 0 Å². The zero-order valence-electron chi connectivity index (χ0n) is 13.8. The average Bonchev–Trinajstić information content (AvgIpc) is 2.64. The molecule has 2 aromatic rings. The minimum absolute atomic E-state index is 0.117. The Hall–Kier alpha value is -1.18. The van der Waals surface area contributed by atoms with Gasteiger partial charge in [0, 0.05) is 28.7 Å². The summed E-state index contributed by atoms with van der Waals surface area (Å²) >= 11 is 15.6. The van der Waals surface area contributed by atoms with E-state index in [2.05, 4.69) is 20.9 Å². The molecule has 5 nitrogen and oxygen atoms in total. The monoisotopic (exact) mass is 458 g/mol. The van der Waals surface area contributed by atoms with E-state index in [-0.39, 0.29) is 12.0 Å². The second-order valence-electron chi connectivity index (χ2n) is 5.80. The SMILES string of the molecule is O=C(c1cccc(Br)n1)N1CCOC(COCc2c(Cl)cccc2Cl)C1. The van der Waals surface area contributed by atoms with Gasteiger partial charge in [-0.1, -0.05) is 35.3 Å². The standard InChI is InChI=1S/C18H17BrCl2N2O3/c19-17-6-2-5-16(22-17)18(24)23-7-8-26-12(9-23)10-25-11-13-14(20)3-1-4-15(13)21/h1-6,12H,7-11H2. The highest BCUT2D eigenvalue weighted by Gasteiger charge is 2.26. The van der Waals surface area contributed by atoms with Crippen LogP contribution in [0.15, 0.2) is 41.0 Å². The molecule has 1 unspecified atom stereocenters. The van der Waals surface area contributed by atoms with Gasteiger partial charge in [0.15, 0.2) is 0 Å². The number of carbonyl (C=O) groups excluding carboxylic acids is 1. The minimum Gasteiger partial charge on any atom is -0.374 e. The molecule has 1 fully saturated rings. The highest BCUT2D eigenvalue weighted by molar-refractivity contribution is 9.10. The maximum absolute atomic E-state index is 12.6. The molecular weight excluding hydrogens is 443 g/mol. The third kappa shape index (κ3) is 4.96. The first-order valence-electron chi connectivity index (χ1n) is 8.08. The molecule has 0 aliphatic carbocycles. The van der Waals surface area contributed by atoms with Crippen LogP contribution in [0.1, 0.15) is 16.1 Å². The van der Waals surface area contributed by atoms with Crippen molar-refractivity contribution in [3.8, 4) is 0 Å². The maximum atomic E-state index is 12.6. The highest BCUT2D eigenvalue weighted by Crippen LogP contribution is 2.25. The van der Waals surface area contributed by atoms with Crippen LogP contribution in [0.2, 0.25) is 10.0 Å². The average molecular weight is 460 g/mol. The lowest BCUT2D eigenvalue weighted by Crippen LogP contribution is -2.47. The number of carbonyl (C=O) groups is 1. The summed E-state index contributed by atoms with van der Waals surface area (Å²) < 4.78 is 12.1. The van der Waals surface area contributed by atoms with Crippen molar-refractivity contribution in [1.82, 2.24) is 9.88 Å². The summed E-state index contributed by atoms with van der Waals surface area (Å²) in [5.74, 6) is -0.117. The van der Waals surface area contributed by atoms with Crippen LogP contribution >= 0.6 is 39.1 Å². The molecule has 1 aliphatic heterocycles. The van der Waals surface area contributed by atoms with Crippen LogP contribution in [-0.2, 0) is 16.1 Å². The van der Waals surface area contributed by atoms with Crippen molar-refractivity contribution in [2.75, 3.05) is 26.3 Å². The van der Waals surface area contributed by atoms with E-state index in [1.165, 1.54) is 0 Å². The molecule has 1 amide bonds. The lowest BCUT2D eigenvalue weighted by atomic mass is 10.2. The molecule has 2 heterocycles. The Morgan fingerprint density at radius 3 is 2.73 bits per heavy atom. The van der Waals surface area contributed by atoms with E-state index in [4.69, 9.17) is 32.7 Å². The number of pyridine rings is 1. The summed E-state index contributed by atoms with van der Waals surface area (Å²) in [7, 11) is 0. The van der Waals surface area contributed by atoms with Crippen LogP contribution in [0.3, 0.4) is 0 Å². The second-order valence-corrected chi connectivity index (χ2v) is 7.43. The van der Waals surface area contributed by atoms with Gasteiger partial charge >= 0.3 is 0 Å². The predicted octanol–water partition coefficient (Wildman–Crippen LogP) is 4.21. The first kappa shape index (κ1) is 19.6. The van der Waals surface area contributed by atoms with Gasteiger partial charge in [-0.2, -0.15) is 0 Å². The van der Waals surface area contributed by atoms with Crippen molar-refractivity contribution < 1.29 is 14.3 Å². The first-order valence-corrected chi connectivity index (χ1v) is 9.63. The number of hydrogen-bond acceptors (Lipinski definition) is 4. The molecule has 26 heavy (non-hydrogen) atoms. The van der Waals surface area contributed by atoms with Crippen molar-refractivity contribution >= 4 is 45.0 Å². The number of aromatic nitrogens is 1. The summed E-state index contributed by atoms with van der Waals surface area (Å²) in [6.45, 7) is 2.07. The van der Waals surface area contributed by atoms with Crippen LogP contribution < -0.4 is 0 Å². The third-order valence-corrected chi connectivity index (χ3v) is 5.12. The van der Waals surface area contributed by atoms with Gasteiger partial charge in [0.1, 0.15) is 10.3 Å². The van der Waals surface area contributed by atoms with Crippen LogP contribution in [0.5, 0.6) is 0 Å². The van der Waals surface area contributed by atoms with E-state index in [0.29, 0.717) is 53.3 Å². The lowest BCUT2D eigenvalue weighted by molar-refractivity contribution is -0.0648. The summed E-state index contributed by atoms with van der Waals surface area (Å²) in [6.07, 6.45) is -0.207. The Kier molecular flexibility index (Phi) is 6.89. The van der Waals surface area contributed by atoms with Gasteiger partial charge in [0.25, 0.3) is 5.91 Å². The fraction of sp³-hybridized carbons (Fsp3) is 0.333. The Bertz CT molecular complexity index is 771. The number of rotatable bonds is 5. The lowest BCUT2D eigenvalue weighted by Gasteiger charge is -2.32. The number of halogens is 3. The summed E-state index contributed by atoms with van der Waals surface area (Å²) in [5, 5.41) is 1.14. The summed E-state index contributed by atoms with van der Waals surface area (Å²) in [5.41, 5.74) is 1.15. The number of ether oxygens (including phenoxy) is 2. The van der Waals surface area contributed by atoms with E-state index in [9.17, 15) is 4.79 Å². The van der Waals surface area contributed by atoms with Gasteiger partial charge in [0.2, 0.25) is 0 Å². The van der Waals surface area contributed by atoms with Gasteiger partial charge in [-0.3, -0.25) is 4.79 Å². The van der Waals surface area contributed by atoms with E-state index in [1.807, 2.05) is 0 Å². The Morgan fingerprint density at radius 2 is 2.00 bits per heavy atom. The van der Waals surface area contributed by atoms with Crippen molar-refractivity contribution in [2.24, 2.45) is 0 Å². The largest absolute Gasteiger partial charge is 0.374 e. The van der Waals surface area contributed by atoms with Crippen LogP contribution in [-0.4, -0.2) is 48.2 Å². The molecule has 0 bridgehead atoms. The topological polar surface area (TPSA) is 51.7 Å². The van der Waals surface area contributed by atoms with Gasteiger partial charge in [0.05, 0.1) is 25.9 Å². The highest BCUT2D eigenvalue weighted by atomic mass is 79.9. The molecule has 138 valence electrons. The maximum Gasteiger partial charge on any atom is 0.272 e. The number of benzene rings is 1. The normalized spacial score (nSPS) is 17.3. The zero-order chi connectivity index (χ0) is 18.5. The summed E-state index contributed by atoms with van der Waals surface area (Å²) in [4.78, 5) is 18.5. The molecular formula is C18H17BrCl2N2O3. The smallest absolute Gasteiger partial charge is 0.272 e. The minimum atomic E-state index is -0.207. The molecule has 1 atom stereocenters. The van der Waals surface area contributed by atoms with Gasteiger partial charge in [-0.05, 0) is 40.2 Å². The first-order chi connectivity index (χ1) is 12.5. The van der Waals surface area contributed by atoms with Crippen molar-refractivity contribution in [3.63, 3.8) is 0 Å². The number of hydrogen-bond donors (Lipinski definition) is 0. The van der Waals surface area contributed by atoms with Gasteiger partial charge < -0.3 is 14.4 Å². The van der Waals surface area contributed by atoms with E-state index < -0.39 is 0 Å². The number of morpholine rings is 1. The van der Waals surface area contributed by atoms with Crippen molar-refractivity contribution in [3.05, 3.63) is 62.3 Å². The Labute approximate surface area is 170 Å². The second kappa shape index (κ2) is 9.15. The molecule has 8 heteroatoms. The van der Waals surface area contributed by atoms with E-state index in [0.717, 1.165) is 5.56 Å². The molecule has 0 spiro atoms. The van der Waals surface area contributed by atoms with Gasteiger partial charge in [-0.15, -0.1) is 0 Å². The fourth-order valence-electron chi connectivity index (χ4n) is 2.66. The summed E-state index contributed by atoms with van der Waals surface area (Å²) in [6, 6.07) is 10.6. The van der Waals surface area contributed by atoms with Crippen LogP contribution in [0.4, 0.5) is 0 Å². The molecule has 1 aromatic carbocycles. The third-order valence-electron chi connectivity index (χ3n) is 3.97. The zero-order valence-corrected chi connectivity index (χ0v) is 16.9. The molecule has 1 aliphatic rings. The predicted molar refractivity (Wildman–Crippen MR) is 104 cm³/mol. The Morgan fingerprint density at radius 1 is 1.27 bits per heavy atom. The molecule has 0 radical (unpaired) electrons. The molecule has 1 aromatic heterocycles. The van der Waals surface area contributed by atoms with Crippen LogP contribution in [0, 0.1) is 0 Å². The Balaban J connectivity index is 1.54. The molecule has 3 rings (SSSR count). The van der Waals surface area contributed by atoms with Gasteiger partial charge in [-0.25, -0.2) is 4.98 Å². The number of amides is 1.